The number of terminal acetylenes is 2. The average Bonchev–Trinajstić information content (AvgIpc) is 2.13. The molecule has 0 aliphatic rings. The highest BCUT2D eigenvalue weighted by atomic mass is 16.6. The van der Waals surface area contributed by atoms with Gasteiger partial charge in [-0.05, 0) is 48.5 Å². The van der Waals surface area contributed by atoms with Crippen LogP contribution in [0, 0.1) is 24.7 Å². The third-order valence-corrected chi connectivity index (χ3v) is 1.55. The maximum absolute atomic E-state index is 11.2. The Hall–Kier alpha value is -1.65. The summed E-state index contributed by atoms with van der Waals surface area (Å²) in [5.41, 5.74) is 3.71. The van der Waals surface area contributed by atoms with Crippen molar-refractivity contribution in [2.45, 2.75) is 65.1 Å². The standard InChI is InChI=1S/C10H17NO2.C5H9N/c1-7-10(5,6)11-8(12)13-9(2,3)4;1-4-5(2,3)6/h1H,2-6H3,(H,11,12);1H,6H2,2-3H3. The second-order valence-corrected chi connectivity index (χ2v) is 6.26. The molecule has 0 aromatic carbocycles. The summed E-state index contributed by atoms with van der Waals surface area (Å²) in [7, 11) is 0. The summed E-state index contributed by atoms with van der Waals surface area (Å²) < 4.78 is 5.03. The van der Waals surface area contributed by atoms with Crippen molar-refractivity contribution in [2.75, 3.05) is 0 Å². The summed E-state index contributed by atoms with van der Waals surface area (Å²) >= 11 is 0. The summed E-state index contributed by atoms with van der Waals surface area (Å²) in [5.74, 6) is 4.83. The normalized spacial score (nSPS) is 11.3. The highest BCUT2D eigenvalue weighted by Gasteiger charge is 2.22. The maximum atomic E-state index is 11.2. The number of hydrogen-bond acceptors (Lipinski definition) is 3. The Morgan fingerprint density at radius 2 is 1.42 bits per heavy atom. The number of ether oxygens (including phenoxy) is 1. The molecular weight excluding hydrogens is 240 g/mol. The van der Waals surface area contributed by atoms with Crippen molar-refractivity contribution >= 4 is 6.09 Å². The molecule has 0 heterocycles. The molecule has 0 rings (SSSR count). The number of hydrogen-bond donors (Lipinski definition) is 2. The van der Waals surface area contributed by atoms with E-state index in [0.29, 0.717) is 0 Å². The first kappa shape index (κ1) is 19.7. The van der Waals surface area contributed by atoms with Crippen LogP contribution in [0.2, 0.25) is 0 Å². The molecule has 108 valence electrons. The second kappa shape index (κ2) is 7.07. The third-order valence-electron chi connectivity index (χ3n) is 1.55. The topological polar surface area (TPSA) is 64.3 Å². The van der Waals surface area contributed by atoms with Crippen LogP contribution in [0.5, 0.6) is 0 Å². The molecule has 0 radical (unpaired) electrons. The van der Waals surface area contributed by atoms with Gasteiger partial charge in [0.1, 0.15) is 5.60 Å². The smallest absolute Gasteiger partial charge is 0.408 e. The van der Waals surface area contributed by atoms with Gasteiger partial charge in [-0.2, -0.15) is 0 Å². The molecule has 0 aliphatic carbocycles. The van der Waals surface area contributed by atoms with Crippen molar-refractivity contribution in [2.24, 2.45) is 5.73 Å². The SMILES string of the molecule is C#CC(C)(C)N.C#CC(C)(C)NC(=O)OC(C)(C)C. The minimum atomic E-state index is -0.664. The molecule has 1 amide bonds. The lowest BCUT2D eigenvalue weighted by molar-refractivity contribution is 0.0494. The molecule has 4 nitrogen and oxygen atoms in total. The molecule has 3 N–H and O–H groups in total. The summed E-state index contributed by atoms with van der Waals surface area (Å²) in [6, 6.07) is 0. The average molecular weight is 266 g/mol. The fraction of sp³-hybridized carbons (Fsp3) is 0.667. The van der Waals surface area contributed by atoms with Gasteiger partial charge in [-0.15, -0.1) is 12.8 Å². The Balaban J connectivity index is 0. The van der Waals surface area contributed by atoms with Gasteiger partial charge in [-0.25, -0.2) is 4.79 Å². The summed E-state index contributed by atoms with van der Waals surface area (Å²) in [6.45, 7) is 12.4. The molecule has 0 bridgehead atoms. The number of nitrogens with two attached hydrogens (primary N) is 1. The second-order valence-electron chi connectivity index (χ2n) is 6.26. The van der Waals surface area contributed by atoms with E-state index in [9.17, 15) is 4.79 Å². The number of alkyl carbamates (subject to hydrolysis) is 1. The van der Waals surface area contributed by atoms with Crippen LogP contribution >= 0.6 is 0 Å². The number of carbonyl (C=O) groups is 1. The monoisotopic (exact) mass is 266 g/mol. The molecule has 0 aliphatic heterocycles. The zero-order chi connectivity index (χ0) is 15.9. The first-order chi connectivity index (χ1) is 8.22. The van der Waals surface area contributed by atoms with E-state index in [0.717, 1.165) is 0 Å². The first-order valence-electron chi connectivity index (χ1n) is 5.98. The van der Waals surface area contributed by atoms with Gasteiger partial charge < -0.3 is 15.8 Å². The summed E-state index contributed by atoms with van der Waals surface area (Å²) in [4.78, 5) is 11.2. The Morgan fingerprint density at radius 3 is 1.63 bits per heavy atom. The lowest BCUT2D eigenvalue weighted by Gasteiger charge is -2.24. The van der Waals surface area contributed by atoms with Crippen LogP contribution in [0.4, 0.5) is 4.79 Å². The highest BCUT2D eigenvalue weighted by molar-refractivity contribution is 5.69. The number of carbonyl (C=O) groups excluding carboxylic acids is 1. The first-order valence-corrected chi connectivity index (χ1v) is 5.98. The molecule has 4 heteroatoms. The van der Waals surface area contributed by atoms with Crippen LogP contribution < -0.4 is 11.1 Å². The molecule has 19 heavy (non-hydrogen) atoms. The molecular formula is C15H26N2O2. The Labute approximate surface area is 117 Å². The molecule has 0 aromatic heterocycles. The fourth-order valence-electron chi connectivity index (χ4n) is 0.595. The van der Waals surface area contributed by atoms with Gasteiger partial charge in [0, 0.05) is 0 Å². The van der Waals surface area contributed by atoms with E-state index in [4.69, 9.17) is 23.3 Å². The van der Waals surface area contributed by atoms with Crippen molar-refractivity contribution in [1.82, 2.24) is 5.32 Å². The Bertz CT molecular complexity index is 371. The zero-order valence-electron chi connectivity index (χ0n) is 13.0. The predicted molar refractivity (Wildman–Crippen MR) is 79.4 cm³/mol. The van der Waals surface area contributed by atoms with E-state index in [2.05, 4.69) is 17.2 Å². The van der Waals surface area contributed by atoms with Crippen LogP contribution in [0.25, 0.3) is 0 Å². The van der Waals surface area contributed by atoms with Crippen LogP contribution in [0.15, 0.2) is 0 Å². The van der Waals surface area contributed by atoms with Crippen LogP contribution in [0.3, 0.4) is 0 Å². The molecule has 0 saturated heterocycles. The summed E-state index contributed by atoms with van der Waals surface area (Å²) in [6.07, 6.45) is 9.64. The van der Waals surface area contributed by atoms with Crippen molar-refractivity contribution in [3.63, 3.8) is 0 Å². The maximum Gasteiger partial charge on any atom is 0.408 e. The highest BCUT2D eigenvalue weighted by Crippen LogP contribution is 2.08. The number of amides is 1. The van der Waals surface area contributed by atoms with Gasteiger partial charge >= 0.3 is 6.09 Å². The Kier molecular flexibility index (Phi) is 7.32. The lowest BCUT2D eigenvalue weighted by Crippen LogP contribution is -2.44. The molecule has 0 spiro atoms. The van der Waals surface area contributed by atoms with Gasteiger partial charge in [0.15, 0.2) is 0 Å². The zero-order valence-corrected chi connectivity index (χ0v) is 13.0. The number of rotatable bonds is 1. The van der Waals surface area contributed by atoms with Crippen molar-refractivity contribution in [3.05, 3.63) is 0 Å². The minimum absolute atomic E-state index is 0.431. The van der Waals surface area contributed by atoms with Gasteiger partial charge in [-0.3, -0.25) is 0 Å². The van der Waals surface area contributed by atoms with E-state index in [-0.39, 0.29) is 0 Å². The van der Waals surface area contributed by atoms with Gasteiger partial charge in [0.2, 0.25) is 0 Å². The van der Waals surface area contributed by atoms with Gasteiger partial charge in [0.05, 0.1) is 11.1 Å². The van der Waals surface area contributed by atoms with E-state index in [1.165, 1.54) is 0 Å². The van der Waals surface area contributed by atoms with Gasteiger partial charge in [-0.1, -0.05) is 11.8 Å². The number of nitrogens with one attached hydrogen (secondary N) is 1. The largest absolute Gasteiger partial charge is 0.444 e. The minimum Gasteiger partial charge on any atom is -0.444 e. The molecule has 0 aromatic rings. The third kappa shape index (κ3) is 16.4. The molecule has 0 atom stereocenters. The van der Waals surface area contributed by atoms with Crippen molar-refractivity contribution in [1.29, 1.82) is 0 Å². The fourth-order valence-corrected chi connectivity index (χ4v) is 0.595. The van der Waals surface area contributed by atoms with Gasteiger partial charge in [0.25, 0.3) is 0 Å². The van der Waals surface area contributed by atoms with E-state index >= 15 is 0 Å². The van der Waals surface area contributed by atoms with Crippen LogP contribution in [-0.2, 0) is 4.74 Å². The Morgan fingerprint density at radius 1 is 1.05 bits per heavy atom. The van der Waals surface area contributed by atoms with E-state index in [1.54, 1.807) is 48.5 Å². The van der Waals surface area contributed by atoms with Crippen molar-refractivity contribution < 1.29 is 9.53 Å². The predicted octanol–water partition coefficient (Wildman–Crippen LogP) is 2.28. The quantitative estimate of drug-likeness (QED) is 0.716. The molecule has 0 fully saturated rings. The van der Waals surface area contributed by atoms with Crippen LogP contribution in [-0.4, -0.2) is 22.8 Å². The van der Waals surface area contributed by atoms with Crippen molar-refractivity contribution in [3.8, 4) is 24.7 Å². The summed E-state index contributed by atoms with van der Waals surface area (Å²) in [5, 5.41) is 2.57. The van der Waals surface area contributed by atoms with Crippen LogP contribution in [0.1, 0.15) is 48.5 Å². The molecule has 0 unspecified atom stereocenters. The molecule has 0 saturated carbocycles. The van der Waals surface area contributed by atoms with E-state index in [1.807, 2.05) is 0 Å². The lowest BCUT2D eigenvalue weighted by atomic mass is 10.1. The van der Waals surface area contributed by atoms with E-state index < -0.39 is 22.8 Å².